The van der Waals surface area contributed by atoms with E-state index in [0.717, 1.165) is 22.3 Å². The van der Waals surface area contributed by atoms with Crippen LogP contribution in [0.25, 0.3) is 33.4 Å². The number of ether oxygens (including phenoxy) is 7. The average molecular weight is 1770 g/mol. The van der Waals surface area contributed by atoms with Gasteiger partial charge in [0.15, 0.2) is 17.0 Å². The minimum atomic E-state index is -1.74. The van der Waals surface area contributed by atoms with Crippen molar-refractivity contribution in [2.45, 2.75) is 212 Å². The number of methoxy groups -OCH3 is 2. The Morgan fingerprint density at radius 1 is 0.703 bits per heavy atom. The van der Waals surface area contributed by atoms with Crippen LogP contribution in [0.5, 0.6) is 0 Å². The molecule has 2 aromatic carbocycles. The minimum Gasteiger partial charge on any atom is -0.460 e. The molecule has 4 fully saturated rings. The molecular formula is C93H121N17O18. The normalized spacial score (nSPS) is 26.0. The molecule has 0 spiro atoms. The summed E-state index contributed by atoms with van der Waals surface area (Å²) in [6.45, 7) is 16.0. The van der Waals surface area contributed by atoms with Crippen molar-refractivity contribution in [3.8, 4) is 11.3 Å². The summed E-state index contributed by atoms with van der Waals surface area (Å²) >= 11 is 0. The van der Waals surface area contributed by atoms with Gasteiger partial charge in [0.1, 0.15) is 65.7 Å². The summed E-state index contributed by atoms with van der Waals surface area (Å²) in [5, 5.41) is 33.8. The van der Waals surface area contributed by atoms with Crippen molar-refractivity contribution in [3.63, 3.8) is 0 Å². The molecule has 1 saturated carbocycles. The zero-order valence-electron chi connectivity index (χ0n) is 74.3. The lowest BCUT2D eigenvalue weighted by Gasteiger charge is -2.38. The van der Waals surface area contributed by atoms with Crippen molar-refractivity contribution in [2.75, 3.05) is 108 Å². The third-order valence-electron chi connectivity index (χ3n) is 25.3. The van der Waals surface area contributed by atoms with Crippen LogP contribution >= 0.6 is 0 Å². The molecule has 7 aromatic rings. The second-order valence-corrected chi connectivity index (χ2v) is 34.6. The maximum atomic E-state index is 14.6. The van der Waals surface area contributed by atoms with Gasteiger partial charge >= 0.3 is 12.1 Å². The maximum Gasteiger partial charge on any atom is 0.407 e. The minimum absolute atomic E-state index is 0.00657. The molecule has 35 heteroatoms. The van der Waals surface area contributed by atoms with Gasteiger partial charge in [0, 0.05) is 134 Å². The monoisotopic (exact) mass is 1760 g/mol. The van der Waals surface area contributed by atoms with E-state index in [1.54, 1.807) is 53.5 Å². The summed E-state index contributed by atoms with van der Waals surface area (Å²) < 4.78 is 49.3. The summed E-state index contributed by atoms with van der Waals surface area (Å²) in [6.07, 6.45) is 17.4. The second kappa shape index (κ2) is 44.6. The summed E-state index contributed by atoms with van der Waals surface area (Å²) in [6, 6.07) is 10.8. The van der Waals surface area contributed by atoms with Crippen LogP contribution in [-0.2, 0) is 88.0 Å². The third-order valence-corrected chi connectivity index (χ3v) is 25.3. The number of aliphatic hydroxyl groups excluding tert-OH is 2. The predicted octanol–water partition coefficient (Wildman–Crippen LogP) is 8.70. The van der Waals surface area contributed by atoms with E-state index in [2.05, 4.69) is 57.7 Å². The molecule has 13 rings (SSSR count). The quantitative estimate of drug-likeness (QED) is 0.0151. The number of aliphatic hydroxyl groups is 2. The number of nitrogens with one attached hydrogen (secondary N) is 2. The molecule has 14 atom stereocenters. The van der Waals surface area contributed by atoms with Crippen molar-refractivity contribution >= 4 is 93.0 Å². The number of alkyl carbamates (subject to hydrolysis) is 1. The molecular weight excluding hydrogens is 1640 g/mol. The van der Waals surface area contributed by atoms with Gasteiger partial charge in [-0.2, -0.15) is 10.1 Å². The summed E-state index contributed by atoms with van der Waals surface area (Å²) in [4.78, 5) is 150. The smallest absolute Gasteiger partial charge is 0.407 e. The molecule has 4 amide bonds. The number of anilines is 4. The lowest BCUT2D eigenvalue weighted by atomic mass is 9.81. The number of hydrogen-bond donors (Lipinski definition) is 6. The number of ketones is 3. The van der Waals surface area contributed by atoms with Gasteiger partial charge in [0.2, 0.25) is 23.6 Å². The first-order valence-electron chi connectivity index (χ1n) is 44.7. The molecule has 686 valence electrons. The number of Topliss-reactive ketones (excluding diaryl/α,β-unsaturated/α-hetero) is 3. The first-order valence-corrected chi connectivity index (χ1v) is 44.7. The number of piperidine rings is 1. The Labute approximate surface area is 744 Å². The molecule has 128 heavy (non-hydrogen) atoms. The third kappa shape index (κ3) is 24.3. The van der Waals surface area contributed by atoms with Crippen LogP contribution in [0.15, 0.2) is 120 Å². The van der Waals surface area contributed by atoms with E-state index < -0.39 is 84.0 Å². The number of nitrogen functional groups attached to an aromatic ring is 2. The van der Waals surface area contributed by atoms with Gasteiger partial charge < -0.3 is 89.5 Å². The number of cyclic esters (lactones) is 1. The fourth-order valence-corrected chi connectivity index (χ4v) is 17.8. The van der Waals surface area contributed by atoms with Crippen LogP contribution in [0, 0.1) is 29.6 Å². The molecule has 2 unspecified atom stereocenters. The first kappa shape index (κ1) is 94.3. The van der Waals surface area contributed by atoms with Gasteiger partial charge in [-0.05, 0) is 155 Å². The standard InChI is InChI=1S/C93H121N17O18/c1-55-14-10-9-11-15-56(2)75(121-7)46-69-23-17-57(3)84(125-69)83(116)88(118)109-30-13-12-16-71(109)89(119)126-68(45-72(111)58(4)41-60(6)81(114)82(115)80(113)59(5)40-55)24-19-61-20-25-74(76(43-61)122-8)128-93(120)101-49-63-47-97-91(98-48-63)106-32-34-107(35-33-106)92-99-50-67(51-100-92)87(117)96-29-37-124-39-38-123-36-28-77(112)108-31-27-64-42-62(18-21-66(64)53-108)52-110-86-78(85(94)102-54-103-86)79(105-110)65-22-26-73-70(44-65)104-90(95)127-73/h9-11,14-15,18,21-22,26,41-42,44,47-48,50-51,54-55,57-59,61,68-69,71,74-76,81-82,84,114-115H,12-13,16-17,19-20,23-25,27-40,43,45-46,49,52-53H2,1-8H3,(H2,95,104)(H,96,117)(H,101,120)(H2,94,102,103)/b11-9?,14-10+,56-15?,60-41+/t55-,57-,58-,59-,61-,68-,69?,71+,74-,75+,76-,81-,82+,84?/m1/s1. The second-order valence-electron chi connectivity index (χ2n) is 34.6. The number of esters is 1. The fourth-order valence-electron chi connectivity index (χ4n) is 17.8. The topological polar surface area (TPSA) is 452 Å². The molecule has 6 aliphatic rings. The Bertz CT molecular complexity index is 5170. The number of rotatable bonds is 23. The van der Waals surface area contributed by atoms with Gasteiger partial charge in [-0.1, -0.05) is 82.4 Å². The van der Waals surface area contributed by atoms with E-state index in [4.69, 9.17) is 54.1 Å². The number of carbonyl (C=O) groups is 8. The highest BCUT2D eigenvalue weighted by Gasteiger charge is 2.45. The van der Waals surface area contributed by atoms with Crippen molar-refractivity contribution in [3.05, 3.63) is 143 Å². The highest BCUT2D eigenvalue weighted by atomic mass is 16.6. The molecule has 1 aliphatic carbocycles. The zero-order chi connectivity index (χ0) is 90.7. The number of piperazine rings is 1. The Morgan fingerprint density at radius 3 is 2.20 bits per heavy atom. The number of fused-ring (bicyclic) bond motifs is 6. The number of amides is 4. The summed E-state index contributed by atoms with van der Waals surface area (Å²) in [5.74, 6) is -3.95. The Morgan fingerprint density at radius 2 is 1.45 bits per heavy atom. The van der Waals surface area contributed by atoms with E-state index in [9.17, 15) is 48.6 Å². The Balaban J connectivity index is 0.514. The molecule has 10 heterocycles. The molecule has 5 aliphatic heterocycles. The Hall–Kier alpha value is -11.3. The average Bonchev–Trinajstić information content (AvgIpc) is 1.61. The van der Waals surface area contributed by atoms with Gasteiger partial charge in [0.05, 0.1) is 68.7 Å². The van der Waals surface area contributed by atoms with E-state index in [1.165, 1.54) is 35.3 Å². The molecule has 8 N–H and O–H groups in total. The highest BCUT2D eigenvalue weighted by Crippen LogP contribution is 2.38. The van der Waals surface area contributed by atoms with Crippen molar-refractivity contribution in [2.24, 2.45) is 29.6 Å². The van der Waals surface area contributed by atoms with Gasteiger partial charge in [-0.25, -0.2) is 44.2 Å². The van der Waals surface area contributed by atoms with Gasteiger partial charge in [-0.15, -0.1) is 0 Å². The zero-order valence-corrected chi connectivity index (χ0v) is 74.3. The summed E-state index contributed by atoms with van der Waals surface area (Å²) in [7, 11) is 3.17. The van der Waals surface area contributed by atoms with Crippen LogP contribution in [0.1, 0.15) is 164 Å². The van der Waals surface area contributed by atoms with Crippen molar-refractivity contribution < 1.29 is 86.1 Å². The number of aromatic nitrogens is 9. The number of allylic oxidation sites excluding steroid dienone is 6. The first-order chi connectivity index (χ1) is 61.8. The number of nitrogens with two attached hydrogens (primary N) is 2. The predicted molar refractivity (Wildman–Crippen MR) is 475 cm³/mol. The number of hydrogen-bond acceptors (Lipinski definition) is 30. The van der Waals surface area contributed by atoms with Crippen LogP contribution in [-0.4, -0.2) is 253 Å². The number of nitrogens with zero attached hydrogens (tertiary/aromatic N) is 13. The molecule has 35 nitrogen and oxygen atoms in total. The van der Waals surface area contributed by atoms with Crippen LogP contribution in [0.2, 0.25) is 0 Å². The van der Waals surface area contributed by atoms with Gasteiger partial charge in [-0.3, -0.25) is 28.8 Å². The largest absolute Gasteiger partial charge is 0.460 e. The van der Waals surface area contributed by atoms with Crippen molar-refractivity contribution in [1.29, 1.82) is 0 Å². The fraction of sp³-hybridized carbons (Fsp3) is 0.548. The molecule has 5 aromatic heterocycles. The SMILES string of the molecule is CO[C@H]1CC2CC[C@@H](C)C(O2)C(=O)C(=O)N2CCCC[C@H]2C(=O)O[C@H](CC[C@@H]2CC[C@@H](OC(=O)NCc3cnc(N4CCN(c5ncc(C(=O)NCCOCCOCCC(=O)N6CCc7cc(Cn8nc(-c9ccc%10oc(N)nc%10c9)c9c(N)ncnc98)ccc7C6)cn5)CC4)nc3)[C@H](OC)C2)CC(=O)[C@H](C)/C=C(\C)[C@@H](O)[C@@H](O)C(=O)[C@H](C)C[C@H](C)/C=C/C=CC=C1C. The molecule has 3 saturated heterocycles. The maximum absolute atomic E-state index is 14.6. The van der Waals surface area contributed by atoms with Crippen LogP contribution < -0.4 is 31.9 Å². The van der Waals surface area contributed by atoms with E-state index >= 15 is 0 Å². The van der Waals surface area contributed by atoms with Crippen LogP contribution in [0.3, 0.4) is 0 Å². The number of benzene rings is 2. The lowest BCUT2D eigenvalue weighted by Crippen LogP contribution is -2.55. The summed E-state index contributed by atoms with van der Waals surface area (Å²) in [5.41, 5.74) is 20.7. The van der Waals surface area contributed by atoms with E-state index in [-0.39, 0.29) is 131 Å². The van der Waals surface area contributed by atoms with Gasteiger partial charge in [0.25, 0.3) is 17.8 Å². The molecule has 2 bridgehead atoms. The van der Waals surface area contributed by atoms with Crippen LogP contribution in [0.4, 0.5) is 28.5 Å². The van der Waals surface area contributed by atoms with E-state index in [1.807, 2.05) is 88.7 Å². The van der Waals surface area contributed by atoms with E-state index in [0.29, 0.717) is 173 Å². The number of oxazole rings is 1. The number of carbonyl (C=O) groups excluding carboxylic acids is 8. The molecule has 0 radical (unpaired) electrons. The highest BCUT2D eigenvalue weighted by molar-refractivity contribution is 6.38. The Kier molecular flexibility index (Phi) is 32.8. The lowest BCUT2D eigenvalue weighted by molar-refractivity contribution is -0.169. The van der Waals surface area contributed by atoms with Crippen molar-refractivity contribution in [1.82, 2.24) is 65.1 Å².